The predicted octanol–water partition coefficient (Wildman–Crippen LogP) is 5.00. The Labute approximate surface area is 139 Å². The van der Waals surface area contributed by atoms with Crippen molar-refractivity contribution in [2.24, 2.45) is 0 Å². The molecular weight excluding hydrogens is 354 g/mol. The van der Waals surface area contributed by atoms with Crippen molar-refractivity contribution in [3.8, 4) is 5.69 Å². The van der Waals surface area contributed by atoms with Gasteiger partial charge in [0, 0.05) is 18.5 Å². The third-order valence-corrected chi connectivity index (χ3v) is 4.17. The maximum atomic E-state index is 12.0. The van der Waals surface area contributed by atoms with Crippen LogP contribution in [-0.2, 0) is 0 Å². The summed E-state index contributed by atoms with van der Waals surface area (Å²) in [6, 6.07) is 6.49. The zero-order valence-corrected chi connectivity index (χ0v) is 13.3. The van der Waals surface area contributed by atoms with E-state index in [1.807, 2.05) is 0 Å². The van der Waals surface area contributed by atoms with Gasteiger partial charge in [0.2, 0.25) is 0 Å². The van der Waals surface area contributed by atoms with Crippen molar-refractivity contribution in [2.45, 2.75) is 0 Å². The number of rotatable bonds is 1. The molecule has 21 heavy (non-hydrogen) atoms. The Kier molecular flexibility index (Phi) is 3.84. The Morgan fingerprint density at radius 1 is 0.952 bits per heavy atom. The molecule has 0 bridgehead atoms. The molecule has 0 saturated heterocycles. The number of nitrogens with zero attached hydrogens (tertiary/aromatic N) is 2. The number of para-hydroxylation sites is 1. The highest BCUT2D eigenvalue weighted by Crippen LogP contribution is 2.33. The van der Waals surface area contributed by atoms with Crippen LogP contribution in [0.5, 0.6) is 0 Å². The summed E-state index contributed by atoms with van der Waals surface area (Å²) in [6.45, 7) is 0. The first-order valence-electron chi connectivity index (χ1n) is 5.80. The number of halogens is 4. The van der Waals surface area contributed by atoms with Gasteiger partial charge in [-0.15, -0.1) is 0 Å². The van der Waals surface area contributed by atoms with Crippen molar-refractivity contribution in [1.29, 1.82) is 0 Å². The van der Waals surface area contributed by atoms with Crippen LogP contribution in [0.2, 0.25) is 20.2 Å². The second-order valence-corrected chi connectivity index (χ2v) is 5.82. The maximum absolute atomic E-state index is 12.0. The molecule has 2 aromatic heterocycles. The first kappa shape index (κ1) is 14.7. The lowest BCUT2D eigenvalue weighted by Crippen LogP contribution is -2.09. The van der Waals surface area contributed by atoms with Gasteiger partial charge in [0.05, 0.1) is 31.7 Å². The molecule has 0 unspecified atom stereocenters. The standard InChI is InChI=1S/C14H6Cl4N2O/c15-7-2-1-3-8(16)12(7)20-5-4-10(21)11-13(20)9(17)6-19-14(11)18/h1-6H. The molecule has 0 aliphatic heterocycles. The minimum absolute atomic E-state index is 0.0805. The molecule has 1 aromatic carbocycles. The first-order valence-corrected chi connectivity index (χ1v) is 7.31. The van der Waals surface area contributed by atoms with Crippen LogP contribution < -0.4 is 5.43 Å². The van der Waals surface area contributed by atoms with Crippen molar-refractivity contribution < 1.29 is 0 Å². The van der Waals surface area contributed by atoms with Gasteiger partial charge in [-0.05, 0) is 12.1 Å². The summed E-state index contributed by atoms with van der Waals surface area (Å²) in [4.78, 5) is 15.9. The monoisotopic (exact) mass is 358 g/mol. The number of pyridine rings is 2. The molecular formula is C14H6Cl4N2O. The molecule has 106 valence electrons. The van der Waals surface area contributed by atoms with Gasteiger partial charge in [0.15, 0.2) is 5.43 Å². The largest absolute Gasteiger partial charge is 0.312 e. The SMILES string of the molecule is O=c1ccn(-c2c(Cl)cccc2Cl)c2c(Cl)cnc(Cl)c12. The molecule has 2 heterocycles. The molecule has 0 atom stereocenters. The van der Waals surface area contributed by atoms with Gasteiger partial charge in [-0.25, -0.2) is 4.98 Å². The van der Waals surface area contributed by atoms with Crippen LogP contribution in [-0.4, -0.2) is 9.55 Å². The Morgan fingerprint density at radius 2 is 1.62 bits per heavy atom. The van der Waals surface area contributed by atoms with Crippen molar-refractivity contribution >= 4 is 57.3 Å². The Morgan fingerprint density at radius 3 is 2.29 bits per heavy atom. The topological polar surface area (TPSA) is 34.9 Å². The third-order valence-electron chi connectivity index (χ3n) is 3.00. The normalized spacial score (nSPS) is 11.0. The molecule has 0 aliphatic rings. The maximum Gasteiger partial charge on any atom is 0.192 e. The molecule has 3 aromatic rings. The fourth-order valence-corrected chi connectivity index (χ4v) is 3.16. The van der Waals surface area contributed by atoms with Crippen molar-refractivity contribution in [3.05, 3.63) is 67.1 Å². The molecule has 0 aliphatic carbocycles. The van der Waals surface area contributed by atoms with E-state index in [9.17, 15) is 4.79 Å². The van der Waals surface area contributed by atoms with Crippen molar-refractivity contribution in [3.63, 3.8) is 0 Å². The Hall–Kier alpha value is -1.26. The molecule has 0 fully saturated rings. The van der Waals surface area contributed by atoms with E-state index < -0.39 is 0 Å². The van der Waals surface area contributed by atoms with Crippen molar-refractivity contribution in [1.82, 2.24) is 9.55 Å². The van der Waals surface area contributed by atoms with Gasteiger partial charge in [-0.1, -0.05) is 52.5 Å². The van der Waals surface area contributed by atoms with Crippen LogP contribution in [0.1, 0.15) is 0 Å². The van der Waals surface area contributed by atoms with E-state index in [1.54, 1.807) is 29.0 Å². The van der Waals surface area contributed by atoms with E-state index >= 15 is 0 Å². The van der Waals surface area contributed by atoms with Gasteiger partial charge in [-0.2, -0.15) is 0 Å². The summed E-state index contributed by atoms with van der Waals surface area (Å²) in [6.07, 6.45) is 2.94. The quantitative estimate of drug-likeness (QED) is 0.573. The van der Waals surface area contributed by atoms with E-state index in [-0.39, 0.29) is 21.0 Å². The molecule has 0 radical (unpaired) electrons. The highest BCUT2D eigenvalue weighted by atomic mass is 35.5. The number of hydrogen-bond donors (Lipinski definition) is 0. The second kappa shape index (κ2) is 5.50. The average Bonchev–Trinajstić information content (AvgIpc) is 2.44. The van der Waals surface area contributed by atoms with Crippen LogP contribution in [0.3, 0.4) is 0 Å². The van der Waals surface area contributed by atoms with Gasteiger partial charge >= 0.3 is 0 Å². The lowest BCUT2D eigenvalue weighted by Gasteiger charge is -2.15. The number of fused-ring (bicyclic) bond motifs is 1. The summed E-state index contributed by atoms with van der Waals surface area (Å²) >= 11 is 24.7. The van der Waals surface area contributed by atoms with Gasteiger partial charge in [0.1, 0.15) is 5.15 Å². The second-order valence-electron chi connectivity index (χ2n) is 4.24. The van der Waals surface area contributed by atoms with E-state index in [0.29, 0.717) is 21.2 Å². The average molecular weight is 360 g/mol. The van der Waals surface area contributed by atoms with Crippen LogP contribution in [0.25, 0.3) is 16.6 Å². The molecule has 0 saturated carbocycles. The number of benzene rings is 1. The van der Waals surface area contributed by atoms with Gasteiger partial charge in [0.25, 0.3) is 0 Å². The molecule has 3 nitrogen and oxygen atoms in total. The zero-order chi connectivity index (χ0) is 15.1. The molecule has 0 N–H and O–H groups in total. The summed E-state index contributed by atoms with van der Waals surface area (Å²) in [5, 5.41) is 1.44. The van der Waals surface area contributed by atoms with Crippen LogP contribution >= 0.6 is 46.4 Å². The molecule has 7 heteroatoms. The summed E-state index contributed by atoms with van der Waals surface area (Å²) < 4.78 is 1.64. The third kappa shape index (κ3) is 2.40. The minimum atomic E-state index is -0.274. The molecule has 0 amide bonds. The van der Waals surface area contributed by atoms with Gasteiger partial charge < -0.3 is 4.57 Å². The molecule has 0 spiro atoms. The highest BCUT2D eigenvalue weighted by molar-refractivity contribution is 6.40. The van der Waals surface area contributed by atoms with E-state index in [4.69, 9.17) is 46.4 Å². The number of aromatic nitrogens is 2. The lowest BCUT2D eigenvalue weighted by molar-refractivity contribution is 1.09. The molecule has 3 rings (SSSR count). The summed E-state index contributed by atoms with van der Waals surface area (Å²) in [7, 11) is 0. The summed E-state index contributed by atoms with van der Waals surface area (Å²) in [5.74, 6) is 0. The smallest absolute Gasteiger partial charge is 0.192 e. The minimum Gasteiger partial charge on any atom is -0.312 e. The zero-order valence-electron chi connectivity index (χ0n) is 10.3. The predicted molar refractivity (Wildman–Crippen MR) is 87.4 cm³/mol. The lowest BCUT2D eigenvalue weighted by atomic mass is 10.2. The number of hydrogen-bond acceptors (Lipinski definition) is 2. The van der Waals surface area contributed by atoms with Crippen LogP contribution in [0, 0.1) is 0 Å². The summed E-state index contributed by atoms with van der Waals surface area (Å²) in [5.41, 5.74) is 0.665. The van der Waals surface area contributed by atoms with E-state index in [0.717, 1.165) is 0 Å². The Bertz CT molecular complexity index is 900. The first-order chi connectivity index (χ1) is 10.0. The van der Waals surface area contributed by atoms with E-state index in [1.165, 1.54) is 12.3 Å². The fraction of sp³-hybridized carbons (Fsp3) is 0. The van der Waals surface area contributed by atoms with Crippen LogP contribution in [0.15, 0.2) is 41.5 Å². The van der Waals surface area contributed by atoms with E-state index in [2.05, 4.69) is 4.98 Å². The fourth-order valence-electron chi connectivity index (χ4n) is 2.12. The Balaban J connectivity index is 2.54. The van der Waals surface area contributed by atoms with Gasteiger partial charge in [-0.3, -0.25) is 4.79 Å². The highest BCUT2D eigenvalue weighted by Gasteiger charge is 2.16. The van der Waals surface area contributed by atoms with Crippen molar-refractivity contribution in [2.75, 3.05) is 0 Å². The van der Waals surface area contributed by atoms with Crippen LogP contribution in [0.4, 0.5) is 0 Å².